The first-order valence-electron chi connectivity index (χ1n) is 6.62. The summed E-state index contributed by atoms with van der Waals surface area (Å²) in [4.78, 5) is 15.5. The van der Waals surface area contributed by atoms with Crippen molar-refractivity contribution in [2.75, 3.05) is 31.6 Å². The molecular weight excluding hydrogens is 242 g/mol. The fraction of sp³-hybridized carbons (Fsp3) is 0.500. The van der Waals surface area contributed by atoms with E-state index in [1.165, 1.54) is 0 Å². The number of aliphatic hydroxyl groups is 1. The fourth-order valence-corrected chi connectivity index (χ4v) is 2.30. The van der Waals surface area contributed by atoms with Gasteiger partial charge in [0.15, 0.2) is 0 Å². The maximum Gasteiger partial charge on any atom is 0.324 e. The molecule has 0 fully saturated rings. The molecule has 0 aromatic heterocycles. The van der Waals surface area contributed by atoms with Gasteiger partial charge in [-0.25, -0.2) is 4.79 Å². The Balaban J connectivity index is 2.16. The molecule has 0 saturated heterocycles. The molecule has 2 amide bonds. The Bertz CT molecular complexity index is 450. The van der Waals surface area contributed by atoms with Crippen LogP contribution in [-0.4, -0.2) is 48.8 Å². The van der Waals surface area contributed by atoms with Crippen molar-refractivity contribution < 1.29 is 9.90 Å². The lowest BCUT2D eigenvalue weighted by atomic mass is 10.1. The molecule has 1 aromatic carbocycles. The number of amides is 2. The quantitative estimate of drug-likeness (QED) is 0.834. The summed E-state index contributed by atoms with van der Waals surface area (Å²) in [5, 5.41) is 13.1. The zero-order valence-electron chi connectivity index (χ0n) is 11.5. The summed E-state index contributed by atoms with van der Waals surface area (Å²) >= 11 is 0. The summed E-state index contributed by atoms with van der Waals surface area (Å²) in [6.45, 7) is 4.22. The van der Waals surface area contributed by atoms with Crippen LogP contribution in [0, 0.1) is 0 Å². The minimum Gasteiger partial charge on any atom is -0.390 e. The third kappa shape index (κ3) is 3.05. The number of carbonyl (C=O) groups is 1. The van der Waals surface area contributed by atoms with E-state index in [1.807, 2.05) is 31.2 Å². The van der Waals surface area contributed by atoms with E-state index < -0.39 is 6.10 Å². The SMILES string of the molecule is CCNCC(O)CN1C(=O)N(C)Cc2ccccc21. The average Bonchev–Trinajstić information content (AvgIpc) is 2.41. The van der Waals surface area contributed by atoms with Crippen molar-refractivity contribution in [1.29, 1.82) is 0 Å². The number of hydrogen-bond donors (Lipinski definition) is 2. The monoisotopic (exact) mass is 263 g/mol. The molecule has 0 saturated carbocycles. The van der Waals surface area contributed by atoms with Crippen LogP contribution in [0.3, 0.4) is 0 Å². The average molecular weight is 263 g/mol. The van der Waals surface area contributed by atoms with Crippen LogP contribution in [0.2, 0.25) is 0 Å². The van der Waals surface area contributed by atoms with Gasteiger partial charge in [0.2, 0.25) is 0 Å². The Morgan fingerprint density at radius 1 is 1.42 bits per heavy atom. The number of urea groups is 1. The number of para-hydroxylation sites is 1. The van der Waals surface area contributed by atoms with E-state index in [9.17, 15) is 9.90 Å². The molecule has 1 unspecified atom stereocenters. The first kappa shape index (κ1) is 13.8. The van der Waals surface area contributed by atoms with Gasteiger partial charge in [-0.1, -0.05) is 25.1 Å². The number of likely N-dealkylation sites (N-methyl/N-ethyl adjacent to an activating group) is 1. The predicted molar refractivity (Wildman–Crippen MR) is 75.2 cm³/mol. The second-order valence-corrected chi connectivity index (χ2v) is 4.84. The molecular formula is C14H21N3O2. The van der Waals surface area contributed by atoms with E-state index in [4.69, 9.17) is 0 Å². The van der Waals surface area contributed by atoms with Crippen molar-refractivity contribution in [2.24, 2.45) is 0 Å². The zero-order chi connectivity index (χ0) is 13.8. The molecule has 104 valence electrons. The second-order valence-electron chi connectivity index (χ2n) is 4.84. The van der Waals surface area contributed by atoms with Crippen molar-refractivity contribution in [3.05, 3.63) is 29.8 Å². The minimum atomic E-state index is -0.566. The summed E-state index contributed by atoms with van der Waals surface area (Å²) in [5.74, 6) is 0. The van der Waals surface area contributed by atoms with Gasteiger partial charge >= 0.3 is 6.03 Å². The molecule has 5 nitrogen and oxygen atoms in total. The molecule has 0 radical (unpaired) electrons. The molecule has 1 aliphatic heterocycles. The molecule has 0 spiro atoms. The molecule has 1 aliphatic rings. The predicted octanol–water partition coefficient (Wildman–Crippen LogP) is 1.03. The smallest absolute Gasteiger partial charge is 0.324 e. The highest BCUT2D eigenvalue weighted by molar-refractivity contribution is 5.94. The number of nitrogens with one attached hydrogen (secondary N) is 1. The van der Waals surface area contributed by atoms with Gasteiger partial charge in [-0.2, -0.15) is 0 Å². The van der Waals surface area contributed by atoms with Crippen molar-refractivity contribution in [1.82, 2.24) is 10.2 Å². The van der Waals surface area contributed by atoms with Crippen LogP contribution >= 0.6 is 0 Å². The Morgan fingerprint density at radius 3 is 2.89 bits per heavy atom. The first-order valence-corrected chi connectivity index (χ1v) is 6.62. The fourth-order valence-electron chi connectivity index (χ4n) is 2.30. The van der Waals surface area contributed by atoms with Gasteiger partial charge in [0, 0.05) is 20.1 Å². The van der Waals surface area contributed by atoms with Crippen LogP contribution in [0.25, 0.3) is 0 Å². The molecule has 2 rings (SSSR count). The third-order valence-electron chi connectivity index (χ3n) is 3.27. The second kappa shape index (κ2) is 6.04. The van der Waals surface area contributed by atoms with Gasteiger partial charge in [-0.15, -0.1) is 0 Å². The van der Waals surface area contributed by atoms with Crippen molar-refractivity contribution in [2.45, 2.75) is 19.6 Å². The number of benzene rings is 1. The van der Waals surface area contributed by atoms with Gasteiger partial charge < -0.3 is 15.3 Å². The van der Waals surface area contributed by atoms with Gasteiger partial charge in [0.1, 0.15) is 0 Å². The van der Waals surface area contributed by atoms with Gasteiger partial charge in [-0.3, -0.25) is 4.90 Å². The maximum atomic E-state index is 12.2. The van der Waals surface area contributed by atoms with Crippen LogP contribution in [-0.2, 0) is 6.54 Å². The molecule has 1 atom stereocenters. The highest BCUT2D eigenvalue weighted by Gasteiger charge is 2.28. The normalized spacial score (nSPS) is 16.5. The number of rotatable bonds is 5. The van der Waals surface area contributed by atoms with E-state index >= 15 is 0 Å². The van der Waals surface area contributed by atoms with Gasteiger partial charge in [-0.05, 0) is 18.2 Å². The lowest BCUT2D eigenvalue weighted by Gasteiger charge is -2.36. The Labute approximate surface area is 113 Å². The van der Waals surface area contributed by atoms with E-state index in [0.29, 0.717) is 19.6 Å². The van der Waals surface area contributed by atoms with Gasteiger partial charge in [0.05, 0.1) is 18.3 Å². The number of fused-ring (bicyclic) bond motifs is 1. The number of carbonyl (C=O) groups excluding carboxylic acids is 1. The number of hydrogen-bond acceptors (Lipinski definition) is 3. The highest BCUT2D eigenvalue weighted by atomic mass is 16.3. The molecule has 5 heteroatoms. The summed E-state index contributed by atoms with van der Waals surface area (Å²) in [6, 6.07) is 7.77. The van der Waals surface area contributed by atoms with Crippen LogP contribution in [0.1, 0.15) is 12.5 Å². The van der Waals surface area contributed by atoms with Crippen molar-refractivity contribution in [3.8, 4) is 0 Å². The zero-order valence-corrected chi connectivity index (χ0v) is 11.5. The van der Waals surface area contributed by atoms with Crippen molar-refractivity contribution in [3.63, 3.8) is 0 Å². The first-order chi connectivity index (χ1) is 9.13. The van der Waals surface area contributed by atoms with Crippen molar-refractivity contribution >= 4 is 11.7 Å². The number of anilines is 1. The largest absolute Gasteiger partial charge is 0.390 e. The summed E-state index contributed by atoms with van der Waals surface area (Å²) in [5.41, 5.74) is 2.02. The molecule has 19 heavy (non-hydrogen) atoms. The Kier molecular flexibility index (Phi) is 4.39. The number of β-amino-alcohol motifs (C(OH)–C–C–N with tert-alkyl or cyclic N) is 1. The minimum absolute atomic E-state index is 0.0609. The van der Waals surface area contributed by atoms with E-state index in [-0.39, 0.29) is 6.03 Å². The van der Waals surface area contributed by atoms with E-state index in [2.05, 4.69) is 5.32 Å². The number of aliphatic hydroxyl groups excluding tert-OH is 1. The molecule has 1 aromatic rings. The van der Waals surface area contributed by atoms with E-state index in [0.717, 1.165) is 17.8 Å². The third-order valence-corrected chi connectivity index (χ3v) is 3.27. The van der Waals surface area contributed by atoms with E-state index in [1.54, 1.807) is 16.8 Å². The summed E-state index contributed by atoms with van der Waals surface area (Å²) < 4.78 is 0. The lowest BCUT2D eigenvalue weighted by molar-refractivity contribution is 0.169. The van der Waals surface area contributed by atoms with Crippen LogP contribution in [0.5, 0.6) is 0 Å². The highest BCUT2D eigenvalue weighted by Crippen LogP contribution is 2.27. The molecule has 1 heterocycles. The summed E-state index contributed by atoms with van der Waals surface area (Å²) in [6.07, 6.45) is -0.566. The Hall–Kier alpha value is -1.59. The standard InChI is InChI=1S/C14H21N3O2/c1-3-15-8-12(18)10-17-13-7-5-4-6-11(13)9-16(2)14(17)19/h4-7,12,15,18H,3,8-10H2,1-2H3. The topological polar surface area (TPSA) is 55.8 Å². The summed E-state index contributed by atoms with van der Waals surface area (Å²) in [7, 11) is 1.78. The van der Waals surface area contributed by atoms with Crippen LogP contribution in [0.15, 0.2) is 24.3 Å². The maximum absolute atomic E-state index is 12.2. The van der Waals surface area contributed by atoms with Crippen LogP contribution in [0.4, 0.5) is 10.5 Å². The van der Waals surface area contributed by atoms with Gasteiger partial charge in [0.25, 0.3) is 0 Å². The molecule has 2 N–H and O–H groups in total. The van der Waals surface area contributed by atoms with Crippen LogP contribution < -0.4 is 10.2 Å². The molecule has 0 bridgehead atoms. The lowest BCUT2D eigenvalue weighted by Crippen LogP contribution is -2.49. The molecule has 0 aliphatic carbocycles. The Morgan fingerprint density at radius 2 is 2.16 bits per heavy atom. The number of nitrogens with zero attached hydrogens (tertiary/aromatic N) is 2.